The Labute approximate surface area is 158 Å². The van der Waals surface area contributed by atoms with Crippen LogP contribution >= 0.6 is 11.3 Å². The summed E-state index contributed by atoms with van der Waals surface area (Å²) in [5.74, 6) is -0.646. The Morgan fingerprint density at radius 2 is 2.04 bits per heavy atom. The van der Waals surface area contributed by atoms with E-state index >= 15 is 0 Å². The number of rotatable bonds is 6. The van der Waals surface area contributed by atoms with Gasteiger partial charge in [-0.25, -0.2) is 4.79 Å². The van der Waals surface area contributed by atoms with Crippen molar-refractivity contribution >= 4 is 23.2 Å². The molecule has 1 aliphatic carbocycles. The first kappa shape index (κ1) is 18.7. The third-order valence-electron chi connectivity index (χ3n) is 4.99. The molecule has 1 fully saturated rings. The number of aryl methyl sites for hydroxylation is 1. The first-order valence-corrected chi connectivity index (χ1v) is 10.1. The zero-order valence-corrected chi connectivity index (χ0v) is 16.2. The fourth-order valence-corrected chi connectivity index (χ4v) is 4.23. The van der Waals surface area contributed by atoms with Crippen molar-refractivity contribution in [3.63, 3.8) is 0 Å². The molecule has 0 aromatic carbocycles. The van der Waals surface area contributed by atoms with E-state index in [0.717, 1.165) is 43.6 Å². The standard InChI is InChI=1S/C20H26N2O3S/c1-14-11-18(15(2)22(14)12-17-9-6-10-26-17)20(24)25-13-19(23)21-16-7-4-3-5-8-16/h6,9-11,16H,3-5,7-8,12-13H2,1-2H3,(H,21,23). The number of ether oxygens (including phenoxy) is 1. The SMILES string of the molecule is Cc1cc(C(=O)OCC(=O)NC2CCCCC2)c(C)n1Cc1cccs1. The number of thiophene rings is 1. The Bertz CT molecular complexity index is 758. The number of carbonyl (C=O) groups is 2. The van der Waals surface area contributed by atoms with Gasteiger partial charge in [0.15, 0.2) is 6.61 Å². The molecule has 6 heteroatoms. The molecule has 0 bridgehead atoms. The molecule has 1 saturated carbocycles. The molecule has 1 N–H and O–H groups in total. The van der Waals surface area contributed by atoms with E-state index in [4.69, 9.17) is 4.74 Å². The highest BCUT2D eigenvalue weighted by Gasteiger charge is 2.20. The molecule has 5 nitrogen and oxygen atoms in total. The minimum atomic E-state index is -0.436. The van der Waals surface area contributed by atoms with Gasteiger partial charge in [0.1, 0.15) is 0 Å². The first-order chi connectivity index (χ1) is 12.5. The summed E-state index contributed by atoms with van der Waals surface area (Å²) in [4.78, 5) is 25.7. The third kappa shape index (κ3) is 4.55. The molecule has 140 valence electrons. The van der Waals surface area contributed by atoms with E-state index in [1.165, 1.54) is 11.3 Å². The number of amides is 1. The molecule has 1 aliphatic rings. The molecule has 2 heterocycles. The zero-order valence-electron chi connectivity index (χ0n) is 15.4. The second-order valence-electron chi connectivity index (χ2n) is 6.93. The smallest absolute Gasteiger partial charge is 0.340 e. The molecule has 1 amide bonds. The van der Waals surface area contributed by atoms with Crippen LogP contribution in [0.15, 0.2) is 23.6 Å². The van der Waals surface area contributed by atoms with Gasteiger partial charge in [0, 0.05) is 22.3 Å². The number of nitrogens with one attached hydrogen (secondary N) is 1. The van der Waals surface area contributed by atoms with Crippen molar-refractivity contribution < 1.29 is 14.3 Å². The molecular weight excluding hydrogens is 348 g/mol. The highest BCUT2D eigenvalue weighted by atomic mass is 32.1. The Morgan fingerprint density at radius 1 is 1.27 bits per heavy atom. The number of aromatic nitrogens is 1. The van der Waals surface area contributed by atoms with Gasteiger partial charge in [0.05, 0.1) is 12.1 Å². The number of hydrogen-bond acceptors (Lipinski definition) is 4. The Kier molecular flexibility index (Phi) is 6.14. The van der Waals surface area contributed by atoms with Gasteiger partial charge in [-0.1, -0.05) is 25.3 Å². The lowest BCUT2D eigenvalue weighted by Gasteiger charge is -2.22. The van der Waals surface area contributed by atoms with Crippen LogP contribution in [0.5, 0.6) is 0 Å². The van der Waals surface area contributed by atoms with Gasteiger partial charge < -0.3 is 14.6 Å². The topological polar surface area (TPSA) is 60.3 Å². The minimum absolute atomic E-state index is 0.211. The predicted octanol–water partition coefficient (Wildman–Crippen LogP) is 3.82. The molecule has 0 radical (unpaired) electrons. The van der Waals surface area contributed by atoms with E-state index in [1.54, 1.807) is 11.3 Å². The van der Waals surface area contributed by atoms with Gasteiger partial charge in [-0.05, 0) is 44.2 Å². The summed E-state index contributed by atoms with van der Waals surface area (Å²) < 4.78 is 7.36. The molecule has 0 atom stereocenters. The highest BCUT2D eigenvalue weighted by Crippen LogP contribution is 2.20. The number of nitrogens with zero attached hydrogens (tertiary/aromatic N) is 1. The van der Waals surface area contributed by atoms with E-state index in [0.29, 0.717) is 5.56 Å². The normalized spacial score (nSPS) is 15.0. The molecule has 3 rings (SSSR count). The summed E-state index contributed by atoms with van der Waals surface area (Å²) in [7, 11) is 0. The summed E-state index contributed by atoms with van der Waals surface area (Å²) in [6.45, 7) is 4.42. The van der Waals surface area contributed by atoms with Crippen molar-refractivity contribution in [1.29, 1.82) is 0 Å². The van der Waals surface area contributed by atoms with Gasteiger partial charge in [-0.2, -0.15) is 0 Å². The number of carbonyl (C=O) groups excluding carboxylic acids is 2. The van der Waals surface area contributed by atoms with Crippen molar-refractivity contribution in [3.8, 4) is 0 Å². The van der Waals surface area contributed by atoms with Crippen LogP contribution in [0, 0.1) is 13.8 Å². The fourth-order valence-electron chi connectivity index (χ4n) is 3.53. The van der Waals surface area contributed by atoms with Crippen LogP contribution in [0.25, 0.3) is 0 Å². The summed E-state index contributed by atoms with van der Waals surface area (Å²) >= 11 is 1.69. The van der Waals surface area contributed by atoms with Gasteiger partial charge in [0.25, 0.3) is 5.91 Å². The van der Waals surface area contributed by atoms with E-state index in [9.17, 15) is 9.59 Å². The van der Waals surface area contributed by atoms with Crippen molar-refractivity contribution in [2.75, 3.05) is 6.61 Å². The largest absolute Gasteiger partial charge is 0.452 e. The summed E-state index contributed by atoms with van der Waals surface area (Å²) in [6.07, 6.45) is 5.58. The zero-order chi connectivity index (χ0) is 18.5. The van der Waals surface area contributed by atoms with Crippen LogP contribution in [0.4, 0.5) is 0 Å². The maximum absolute atomic E-state index is 12.4. The molecule has 0 saturated heterocycles. The van der Waals surface area contributed by atoms with Crippen LogP contribution in [0.1, 0.15) is 58.7 Å². The monoisotopic (exact) mass is 374 g/mol. The summed E-state index contributed by atoms with van der Waals surface area (Å²) in [5, 5.41) is 5.01. The summed E-state index contributed by atoms with van der Waals surface area (Å²) in [6, 6.07) is 6.17. The van der Waals surface area contributed by atoms with Crippen LogP contribution in [-0.2, 0) is 16.1 Å². The van der Waals surface area contributed by atoms with Crippen molar-refractivity contribution in [1.82, 2.24) is 9.88 Å². The molecule has 26 heavy (non-hydrogen) atoms. The lowest BCUT2D eigenvalue weighted by Crippen LogP contribution is -2.38. The van der Waals surface area contributed by atoms with E-state index in [-0.39, 0.29) is 18.6 Å². The lowest BCUT2D eigenvalue weighted by atomic mass is 9.95. The Hall–Kier alpha value is -2.08. The van der Waals surface area contributed by atoms with Crippen LogP contribution < -0.4 is 5.32 Å². The second-order valence-corrected chi connectivity index (χ2v) is 7.96. The quantitative estimate of drug-likeness (QED) is 0.782. The fraction of sp³-hybridized carbons (Fsp3) is 0.500. The van der Waals surface area contributed by atoms with Crippen LogP contribution in [0.3, 0.4) is 0 Å². The third-order valence-corrected chi connectivity index (χ3v) is 5.85. The number of esters is 1. The number of hydrogen-bond donors (Lipinski definition) is 1. The first-order valence-electron chi connectivity index (χ1n) is 9.20. The van der Waals surface area contributed by atoms with Gasteiger partial charge in [-0.15, -0.1) is 11.3 Å². The molecular formula is C20H26N2O3S. The highest BCUT2D eigenvalue weighted by molar-refractivity contribution is 7.09. The van der Waals surface area contributed by atoms with Gasteiger partial charge >= 0.3 is 5.97 Å². The molecule has 0 spiro atoms. The van der Waals surface area contributed by atoms with Crippen molar-refractivity contribution in [2.24, 2.45) is 0 Å². The maximum atomic E-state index is 12.4. The summed E-state index contributed by atoms with van der Waals surface area (Å²) in [5.41, 5.74) is 2.41. The van der Waals surface area contributed by atoms with Crippen LogP contribution in [-0.4, -0.2) is 29.1 Å². The second kappa shape index (κ2) is 8.54. The van der Waals surface area contributed by atoms with Gasteiger partial charge in [0.2, 0.25) is 0 Å². The van der Waals surface area contributed by atoms with Crippen LogP contribution in [0.2, 0.25) is 0 Å². The molecule has 0 unspecified atom stereocenters. The van der Waals surface area contributed by atoms with Crippen molar-refractivity contribution in [3.05, 3.63) is 45.4 Å². The van der Waals surface area contributed by atoms with E-state index in [1.807, 2.05) is 31.4 Å². The Balaban J connectivity index is 1.56. The minimum Gasteiger partial charge on any atom is -0.452 e. The Morgan fingerprint density at radius 3 is 2.73 bits per heavy atom. The van der Waals surface area contributed by atoms with Gasteiger partial charge in [-0.3, -0.25) is 4.79 Å². The van der Waals surface area contributed by atoms with E-state index < -0.39 is 5.97 Å². The predicted molar refractivity (Wildman–Crippen MR) is 103 cm³/mol. The molecule has 2 aromatic rings. The van der Waals surface area contributed by atoms with Crippen molar-refractivity contribution in [2.45, 2.75) is 58.5 Å². The maximum Gasteiger partial charge on any atom is 0.340 e. The lowest BCUT2D eigenvalue weighted by molar-refractivity contribution is -0.125. The van der Waals surface area contributed by atoms with E-state index in [2.05, 4.69) is 16.0 Å². The molecule has 0 aliphatic heterocycles. The molecule has 2 aromatic heterocycles. The average molecular weight is 375 g/mol. The average Bonchev–Trinajstić information content (AvgIpc) is 3.24.